The molecule has 14 heavy (non-hydrogen) atoms. The smallest absolute Gasteiger partial charge is 0.260 e. The maximum Gasteiger partial charge on any atom is 0.389 e. The largest absolute Gasteiger partial charge is 0.389 e. The summed E-state index contributed by atoms with van der Waals surface area (Å²) in [5, 5.41) is 0. The Kier molecular flexibility index (Phi) is 3.92. The fourth-order valence-corrected chi connectivity index (χ4v) is 1.26. The van der Waals surface area contributed by atoms with E-state index in [1.165, 1.54) is 0 Å². The predicted octanol–water partition coefficient (Wildman–Crippen LogP) is 3.73. The number of rotatable bonds is 3. The lowest BCUT2D eigenvalue weighted by Crippen LogP contribution is -2.07. The first-order chi connectivity index (χ1) is 6.47. The maximum atomic E-state index is 11.8. The van der Waals surface area contributed by atoms with Crippen LogP contribution in [0.25, 0.3) is 0 Å². The Balaban J connectivity index is 2.35. The molecule has 0 N–H and O–H groups in total. The zero-order chi connectivity index (χ0) is 10.6. The van der Waals surface area contributed by atoms with Gasteiger partial charge in [-0.2, -0.15) is 13.2 Å². The number of halogens is 4. The zero-order valence-electron chi connectivity index (χ0n) is 7.31. The molecule has 1 aromatic rings. The predicted molar refractivity (Wildman–Crippen MR) is 50.9 cm³/mol. The highest BCUT2D eigenvalue weighted by atomic mass is 79.9. The van der Waals surface area contributed by atoms with Crippen LogP contribution in [-0.2, 0) is 6.42 Å². The zero-order valence-corrected chi connectivity index (χ0v) is 8.90. The van der Waals surface area contributed by atoms with Crippen molar-refractivity contribution in [2.45, 2.75) is 25.4 Å². The standard InChI is InChI=1S/C9H9BrF3N/c10-7-3-4-8(14-6-7)2-1-5-9(11,12)13/h3-4,6H,1-2,5H2. The Labute approximate surface area is 88.5 Å². The van der Waals surface area contributed by atoms with Crippen molar-refractivity contribution in [3.63, 3.8) is 0 Å². The van der Waals surface area contributed by atoms with E-state index in [-0.39, 0.29) is 6.42 Å². The molecule has 0 atom stereocenters. The van der Waals surface area contributed by atoms with Gasteiger partial charge >= 0.3 is 6.18 Å². The minimum absolute atomic E-state index is 0.0954. The Morgan fingerprint density at radius 2 is 2.00 bits per heavy atom. The highest BCUT2D eigenvalue weighted by molar-refractivity contribution is 9.10. The van der Waals surface area contributed by atoms with Gasteiger partial charge in [0.25, 0.3) is 0 Å². The lowest BCUT2D eigenvalue weighted by Gasteiger charge is -2.05. The van der Waals surface area contributed by atoms with Crippen molar-refractivity contribution in [2.24, 2.45) is 0 Å². The van der Waals surface area contributed by atoms with Gasteiger partial charge in [0.05, 0.1) is 0 Å². The molecular formula is C9H9BrF3N. The van der Waals surface area contributed by atoms with Crippen molar-refractivity contribution < 1.29 is 13.2 Å². The second kappa shape index (κ2) is 4.77. The number of hydrogen-bond donors (Lipinski definition) is 0. The summed E-state index contributed by atoms with van der Waals surface area (Å²) in [6.07, 6.45) is -2.76. The van der Waals surface area contributed by atoms with E-state index in [4.69, 9.17) is 0 Å². The van der Waals surface area contributed by atoms with E-state index in [0.717, 1.165) is 4.47 Å². The van der Waals surface area contributed by atoms with Crippen molar-refractivity contribution >= 4 is 15.9 Å². The summed E-state index contributed by atoms with van der Waals surface area (Å²) in [7, 11) is 0. The molecule has 0 unspecified atom stereocenters. The van der Waals surface area contributed by atoms with Crippen LogP contribution in [0, 0.1) is 0 Å². The quantitative estimate of drug-likeness (QED) is 0.813. The lowest BCUT2D eigenvalue weighted by atomic mass is 10.2. The maximum absolute atomic E-state index is 11.8. The topological polar surface area (TPSA) is 12.9 Å². The summed E-state index contributed by atoms with van der Waals surface area (Å²) >= 11 is 3.20. The average Bonchev–Trinajstić information content (AvgIpc) is 2.06. The van der Waals surface area contributed by atoms with Gasteiger partial charge in [-0.1, -0.05) is 0 Å². The Morgan fingerprint density at radius 3 is 2.50 bits per heavy atom. The van der Waals surface area contributed by atoms with Gasteiger partial charge in [0.1, 0.15) is 0 Å². The number of alkyl halides is 3. The molecule has 5 heteroatoms. The van der Waals surface area contributed by atoms with E-state index in [0.29, 0.717) is 12.1 Å². The number of hydrogen-bond acceptors (Lipinski definition) is 1. The van der Waals surface area contributed by atoms with Crippen LogP contribution in [0.15, 0.2) is 22.8 Å². The van der Waals surface area contributed by atoms with Crippen molar-refractivity contribution in [3.05, 3.63) is 28.5 Å². The molecule has 1 heterocycles. The molecule has 0 amide bonds. The molecular weight excluding hydrogens is 259 g/mol. The van der Waals surface area contributed by atoms with E-state index >= 15 is 0 Å². The van der Waals surface area contributed by atoms with Crippen molar-refractivity contribution in [3.8, 4) is 0 Å². The summed E-state index contributed by atoms with van der Waals surface area (Å²) in [6.45, 7) is 0. The second-order valence-corrected chi connectivity index (χ2v) is 3.85. The van der Waals surface area contributed by atoms with E-state index in [2.05, 4.69) is 20.9 Å². The highest BCUT2D eigenvalue weighted by Crippen LogP contribution is 2.22. The Morgan fingerprint density at radius 1 is 1.29 bits per heavy atom. The first-order valence-corrected chi connectivity index (χ1v) is 4.94. The van der Waals surface area contributed by atoms with Gasteiger partial charge in [-0.3, -0.25) is 4.98 Å². The summed E-state index contributed by atoms with van der Waals surface area (Å²) < 4.78 is 36.2. The van der Waals surface area contributed by atoms with Crippen LogP contribution in [0.5, 0.6) is 0 Å². The first-order valence-electron chi connectivity index (χ1n) is 4.14. The molecule has 0 aliphatic rings. The molecule has 0 aliphatic carbocycles. The monoisotopic (exact) mass is 267 g/mol. The summed E-state index contributed by atoms with van der Waals surface area (Å²) in [6, 6.07) is 3.50. The van der Waals surface area contributed by atoms with Gasteiger partial charge in [-0.25, -0.2) is 0 Å². The Bertz CT molecular complexity index is 281. The summed E-state index contributed by atoms with van der Waals surface area (Å²) in [5.74, 6) is 0. The van der Waals surface area contributed by atoms with Crippen LogP contribution in [0.3, 0.4) is 0 Å². The average molecular weight is 268 g/mol. The molecule has 0 radical (unpaired) electrons. The van der Waals surface area contributed by atoms with Gasteiger partial charge in [0, 0.05) is 22.8 Å². The van der Waals surface area contributed by atoms with E-state index < -0.39 is 12.6 Å². The molecule has 0 spiro atoms. The molecule has 0 saturated carbocycles. The van der Waals surface area contributed by atoms with Crippen LogP contribution in [-0.4, -0.2) is 11.2 Å². The number of pyridine rings is 1. The molecule has 0 aliphatic heterocycles. The number of aromatic nitrogens is 1. The lowest BCUT2D eigenvalue weighted by molar-refractivity contribution is -0.135. The molecule has 0 saturated heterocycles. The van der Waals surface area contributed by atoms with Gasteiger partial charge in [0.2, 0.25) is 0 Å². The van der Waals surface area contributed by atoms with Crippen LogP contribution in [0.2, 0.25) is 0 Å². The number of nitrogens with zero attached hydrogens (tertiary/aromatic N) is 1. The third kappa shape index (κ3) is 4.60. The van der Waals surface area contributed by atoms with Crippen molar-refractivity contribution in [1.29, 1.82) is 0 Å². The first kappa shape index (κ1) is 11.5. The molecule has 0 aromatic carbocycles. The van der Waals surface area contributed by atoms with Crippen molar-refractivity contribution in [1.82, 2.24) is 4.98 Å². The van der Waals surface area contributed by atoms with Gasteiger partial charge < -0.3 is 0 Å². The minimum atomic E-state index is -4.06. The summed E-state index contributed by atoms with van der Waals surface area (Å²) in [4.78, 5) is 3.98. The molecule has 1 nitrogen and oxygen atoms in total. The van der Waals surface area contributed by atoms with Crippen molar-refractivity contribution in [2.75, 3.05) is 0 Å². The fraction of sp³-hybridized carbons (Fsp3) is 0.444. The molecule has 78 valence electrons. The summed E-state index contributed by atoms with van der Waals surface area (Å²) in [5.41, 5.74) is 0.692. The van der Waals surface area contributed by atoms with Crippen LogP contribution < -0.4 is 0 Å². The highest BCUT2D eigenvalue weighted by Gasteiger charge is 2.25. The fourth-order valence-electron chi connectivity index (χ4n) is 1.02. The third-order valence-corrected chi connectivity index (χ3v) is 2.15. The molecule has 1 rings (SSSR count). The Hall–Kier alpha value is -0.580. The van der Waals surface area contributed by atoms with Crippen LogP contribution in [0.4, 0.5) is 13.2 Å². The number of aryl methyl sites for hydroxylation is 1. The van der Waals surface area contributed by atoms with Gasteiger partial charge in [0.15, 0.2) is 0 Å². The molecule has 0 bridgehead atoms. The minimum Gasteiger partial charge on any atom is -0.260 e. The van der Waals surface area contributed by atoms with E-state index in [9.17, 15) is 13.2 Å². The normalized spacial score (nSPS) is 11.7. The second-order valence-electron chi connectivity index (χ2n) is 2.94. The van der Waals surface area contributed by atoms with Crippen LogP contribution in [0.1, 0.15) is 18.5 Å². The van der Waals surface area contributed by atoms with Gasteiger partial charge in [-0.15, -0.1) is 0 Å². The van der Waals surface area contributed by atoms with Gasteiger partial charge in [-0.05, 0) is 40.9 Å². The van der Waals surface area contributed by atoms with Crippen LogP contribution >= 0.6 is 15.9 Å². The molecule has 0 fully saturated rings. The SMILES string of the molecule is FC(F)(F)CCCc1ccc(Br)cn1. The van der Waals surface area contributed by atoms with E-state index in [1.807, 2.05) is 0 Å². The third-order valence-electron chi connectivity index (χ3n) is 1.68. The van der Waals surface area contributed by atoms with E-state index in [1.54, 1.807) is 18.3 Å². The molecule has 1 aromatic heterocycles.